The van der Waals surface area contributed by atoms with E-state index in [0.717, 1.165) is 42.6 Å². The second-order valence-electron chi connectivity index (χ2n) is 9.76. The molecule has 1 fully saturated rings. The lowest BCUT2D eigenvalue weighted by molar-refractivity contribution is -0.139. The summed E-state index contributed by atoms with van der Waals surface area (Å²) in [4.78, 5) is 29.1. The first-order valence-electron chi connectivity index (χ1n) is 13.0. The number of rotatable bonds is 11. The summed E-state index contributed by atoms with van der Waals surface area (Å²) in [5, 5.41) is 3.22. The van der Waals surface area contributed by atoms with Crippen LogP contribution in [0.3, 0.4) is 0 Å². The van der Waals surface area contributed by atoms with Gasteiger partial charge in [-0.05, 0) is 54.2 Å². The summed E-state index contributed by atoms with van der Waals surface area (Å²) >= 11 is 1.56. The first-order chi connectivity index (χ1) is 18.0. The molecule has 1 aliphatic rings. The van der Waals surface area contributed by atoms with Crippen molar-refractivity contribution in [2.24, 2.45) is 0 Å². The number of nitrogens with one attached hydrogen (secondary N) is 1. The zero-order valence-electron chi connectivity index (χ0n) is 21.4. The molecule has 1 atom stereocenters. The minimum absolute atomic E-state index is 0.0922. The molecule has 4 nitrogen and oxygen atoms in total. The molecule has 4 rings (SSSR count). The molecule has 2 amide bonds. The van der Waals surface area contributed by atoms with E-state index < -0.39 is 6.04 Å². The zero-order valence-corrected chi connectivity index (χ0v) is 22.2. The molecule has 0 bridgehead atoms. The highest BCUT2D eigenvalue weighted by molar-refractivity contribution is 7.99. The molecule has 0 spiro atoms. The lowest BCUT2D eigenvalue weighted by Gasteiger charge is -2.32. The van der Waals surface area contributed by atoms with Gasteiger partial charge in [-0.1, -0.05) is 79.6 Å². The van der Waals surface area contributed by atoms with E-state index in [9.17, 15) is 14.0 Å². The second-order valence-corrected chi connectivity index (χ2v) is 10.7. The average Bonchev–Trinajstić information content (AvgIpc) is 3.42. The molecule has 1 aliphatic carbocycles. The summed E-state index contributed by atoms with van der Waals surface area (Å²) in [6, 6.07) is 23.7. The number of thioether (sulfide) groups is 1. The first-order valence-corrected chi connectivity index (χ1v) is 14.2. The fraction of sp³-hybridized carbons (Fsp3) is 0.355. The fourth-order valence-corrected chi connectivity index (χ4v) is 5.80. The van der Waals surface area contributed by atoms with E-state index in [2.05, 4.69) is 24.4 Å². The summed E-state index contributed by atoms with van der Waals surface area (Å²) < 4.78 is 13.6. The van der Waals surface area contributed by atoms with Crippen LogP contribution in [0.5, 0.6) is 0 Å². The number of hydrogen-bond donors (Lipinski definition) is 1. The maximum atomic E-state index is 13.7. The molecule has 0 heterocycles. The molecule has 37 heavy (non-hydrogen) atoms. The maximum Gasteiger partial charge on any atom is 0.243 e. The largest absolute Gasteiger partial charge is 0.352 e. The van der Waals surface area contributed by atoms with E-state index in [4.69, 9.17) is 0 Å². The highest BCUT2D eigenvalue weighted by atomic mass is 32.2. The normalized spacial score (nSPS) is 14.3. The van der Waals surface area contributed by atoms with Crippen molar-refractivity contribution in [2.45, 2.75) is 63.4 Å². The molecule has 0 aliphatic heterocycles. The lowest BCUT2D eigenvalue weighted by atomic mass is 10.0. The van der Waals surface area contributed by atoms with Crippen molar-refractivity contribution < 1.29 is 14.0 Å². The van der Waals surface area contributed by atoms with E-state index in [0.29, 0.717) is 6.42 Å². The van der Waals surface area contributed by atoms with Crippen molar-refractivity contribution in [1.29, 1.82) is 0 Å². The van der Waals surface area contributed by atoms with Crippen LogP contribution < -0.4 is 5.32 Å². The maximum absolute atomic E-state index is 13.7. The number of benzene rings is 3. The Morgan fingerprint density at radius 2 is 1.62 bits per heavy atom. The molecule has 6 heteroatoms. The summed E-state index contributed by atoms with van der Waals surface area (Å²) in [5.41, 5.74) is 4.19. The predicted molar refractivity (Wildman–Crippen MR) is 149 cm³/mol. The molecule has 0 unspecified atom stereocenters. The minimum Gasteiger partial charge on any atom is -0.352 e. The molecule has 3 aromatic carbocycles. The van der Waals surface area contributed by atoms with Gasteiger partial charge < -0.3 is 10.2 Å². The monoisotopic (exact) mass is 518 g/mol. The number of aryl methyl sites for hydroxylation is 1. The summed E-state index contributed by atoms with van der Waals surface area (Å²) in [7, 11) is 0. The Labute approximate surface area is 223 Å². The lowest BCUT2D eigenvalue weighted by Crippen LogP contribution is -2.52. The third-order valence-electron chi connectivity index (χ3n) is 6.98. The van der Waals surface area contributed by atoms with Crippen LogP contribution in [0.2, 0.25) is 0 Å². The molecule has 3 aromatic rings. The van der Waals surface area contributed by atoms with Crippen molar-refractivity contribution in [3.05, 3.63) is 107 Å². The molecular weight excluding hydrogens is 483 g/mol. The van der Waals surface area contributed by atoms with Crippen molar-refractivity contribution in [3.63, 3.8) is 0 Å². The third kappa shape index (κ3) is 7.93. The highest BCUT2D eigenvalue weighted by Gasteiger charge is 2.32. The van der Waals surface area contributed by atoms with Crippen LogP contribution >= 0.6 is 11.8 Å². The van der Waals surface area contributed by atoms with Gasteiger partial charge in [0.25, 0.3) is 0 Å². The molecule has 0 saturated heterocycles. The Balaban J connectivity index is 1.56. The predicted octanol–water partition coefficient (Wildman–Crippen LogP) is 6.07. The van der Waals surface area contributed by atoms with Crippen LogP contribution in [-0.4, -0.2) is 34.6 Å². The summed E-state index contributed by atoms with van der Waals surface area (Å²) in [6.07, 6.45) is 4.60. The van der Waals surface area contributed by atoms with Gasteiger partial charge in [-0.3, -0.25) is 9.59 Å². The Morgan fingerprint density at radius 1 is 0.946 bits per heavy atom. The zero-order chi connectivity index (χ0) is 26.0. The first kappa shape index (κ1) is 26.9. The smallest absolute Gasteiger partial charge is 0.243 e. The Kier molecular flexibility index (Phi) is 9.78. The summed E-state index contributed by atoms with van der Waals surface area (Å²) in [6.45, 7) is 2.32. The van der Waals surface area contributed by atoms with E-state index in [-0.39, 0.29) is 36.0 Å². The van der Waals surface area contributed by atoms with Gasteiger partial charge in [0.2, 0.25) is 11.8 Å². The van der Waals surface area contributed by atoms with Crippen LogP contribution in [0.4, 0.5) is 4.39 Å². The van der Waals surface area contributed by atoms with Gasteiger partial charge in [0.15, 0.2) is 0 Å². The molecule has 0 radical (unpaired) electrons. The second kappa shape index (κ2) is 13.4. The third-order valence-corrected chi connectivity index (χ3v) is 7.95. The van der Waals surface area contributed by atoms with Gasteiger partial charge in [-0.15, -0.1) is 11.8 Å². The fourth-order valence-electron chi connectivity index (χ4n) is 4.81. The van der Waals surface area contributed by atoms with Crippen molar-refractivity contribution >= 4 is 23.6 Å². The number of amides is 2. The standard InChI is InChI=1S/C31H35FN2O2S/c1-23-9-5-6-12-26(23)21-37-22-30(35)34(20-25-15-17-27(32)18-16-25)29(19-24-10-3-2-4-11-24)31(36)33-28-13-7-8-14-28/h2-6,9-12,15-18,28-29H,7-8,13-14,19-22H2,1H3,(H,33,36)/t29-/m1/s1. The number of hydrogen-bond acceptors (Lipinski definition) is 3. The molecule has 1 saturated carbocycles. The number of nitrogens with zero attached hydrogens (tertiary/aromatic N) is 1. The minimum atomic E-state index is -0.653. The van der Waals surface area contributed by atoms with Crippen LogP contribution in [0.1, 0.15) is 47.9 Å². The van der Waals surface area contributed by atoms with E-state index in [1.807, 2.05) is 42.5 Å². The van der Waals surface area contributed by atoms with Crippen LogP contribution in [0, 0.1) is 12.7 Å². The van der Waals surface area contributed by atoms with Crippen molar-refractivity contribution in [3.8, 4) is 0 Å². The SMILES string of the molecule is Cc1ccccc1CSCC(=O)N(Cc1ccc(F)cc1)[C@H](Cc1ccccc1)C(=O)NC1CCCC1. The topological polar surface area (TPSA) is 49.4 Å². The van der Waals surface area contributed by atoms with Gasteiger partial charge in [-0.25, -0.2) is 4.39 Å². The van der Waals surface area contributed by atoms with Crippen LogP contribution in [-0.2, 0) is 28.3 Å². The quantitative estimate of drug-likeness (QED) is 0.335. The van der Waals surface area contributed by atoms with Gasteiger partial charge in [0, 0.05) is 24.8 Å². The Hall–Kier alpha value is -3.12. The van der Waals surface area contributed by atoms with E-state index >= 15 is 0 Å². The van der Waals surface area contributed by atoms with Crippen LogP contribution in [0.15, 0.2) is 78.9 Å². The Bertz CT molecular complexity index is 1160. The Morgan fingerprint density at radius 3 is 2.32 bits per heavy atom. The van der Waals surface area contributed by atoms with Crippen molar-refractivity contribution in [1.82, 2.24) is 10.2 Å². The van der Waals surface area contributed by atoms with Gasteiger partial charge in [0.05, 0.1) is 5.75 Å². The van der Waals surface area contributed by atoms with Crippen LogP contribution in [0.25, 0.3) is 0 Å². The van der Waals surface area contributed by atoms with Gasteiger partial charge >= 0.3 is 0 Å². The molecule has 0 aromatic heterocycles. The number of carbonyl (C=O) groups is 2. The van der Waals surface area contributed by atoms with Gasteiger partial charge in [0.1, 0.15) is 11.9 Å². The molecule has 1 N–H and O–H groups in total. The number of carbonyl (C=O) groups excluding carboxylic acids is 2. The average molecular weight is 519 g/mol. The highest BCUT2D eigenvalue weighted by Crippen LogP contribution is 2.22. The van der Waals surface area contributed by atoms with Crippen molar-refractivity contribution in [2.75, 3.05) is 5.75 Å². The van der Waals surface area contributed by atoms with Gasteiger partial charge in [-0.2, -0.15) is 0 Å². The molecular formula is C31H35FN2O2S. The number of halogens is 1. The summed E-state index contributed by atoms with van der Waals surface area (Å²) in [5.74, 6) is 0.452. The van der Waals surface area contributed by atoms with E-state index in [1.165, 1.54) is 23.3 Å². The van der Waals surface area contributed by atoms with E-state index in [1.54, 1.807) is 28.8 Å². The molecule has 194 valence electrons.